The van der Waals surface area contributed by atoms with Crippen LogP contribution in [0.4, 0.5) is 10.2 Å². The Morgan fingerprint density at radius 2 is 2.32 bits per heavy atom. The van der Waals surface area contributed by atoms with Crippen molar-refractivity contribution >= 4 is 33.5 Å². The zero-order valence-electron chi connectivity index (χ0n) is 13.5. The number of anilines is 1. The van der Waals surface area contributed by atoms with E-state index in [2.05, 4.69) is 21.2 Å². The molecule has 0 saturated heterocycles. The molecule has 3 aromatic rings. The van der Waals surface area contributed by atoms with Crippen LogP contribution in [-0.2, 0) is 0 Å². The molecule has 5 nitrogen and oxygen atoms in total. The van der Waals surface area contributed by atoms with Gasteiger partial charge in [-0.3, -0.25) is 4.79 Å². The number of alkyl halides is 1. The average Bonchev–Trinajstić information content (AvgIpc) is 3.38. The molecule has 1 aromatic carbocycles. The van der Waals surface area contributed by atoms with Crippen molar-refractivity contribution in [3.8, 4) is 12.3 Å². The summed E-state index contributed by atoms with van der Waals surface area (Å²) in [5, 5.41) is 4.80. The highest BCUT2D eigenvalue weighted by molar-refractivity contribution is 6.18. The number of terminal acetylenes is 1. The van der Waals surface area contributed by atoms with Gasteiger partial charge in [0.15, 0.2) is 0 Å². The molecule has 1 unspecified atom stereocenters. The van der Waals surface area contributed by atoms with Gasteiger partial charge in [-0.25, -0.2) is 9.37 Å². The summed E-state index contributed by atoms with van der Waals surface area (Å²) in [6.45, 7) is -0.463. The van der Waals surface area contributed by atoms with Crippen molar-refractivity contribution in [1.29, 1.82) is 0 Å². The summed E-state index contributed by atoms with van der Waals surface area (Å²) >= 11 is 0. The van der Waals surface area contributed by atoms with Crippen LogP contribution in [0.15, 0.2) is 24.4 Å². The molecule has 1 fully saturated rings. The maximum Gasteiger partial charge on any atom is 0.252 e. The number of nitrogens with zero attached hydrogens (tertiary/aromatic N) is 1. The Morgan fingerprint density at radius 1 is 1.52 bits per heavy atom. The van der Waals surface area contributed by atoms with Crippen LogP contribution < -0.4 is 11.1 Å². The Morgan fingerprint density at radius 3 is 2.96 bits per heavy atom. The van der Waals surface area contributed by atoms with Crippen LogP contribution in [0.3, 0.4) is 0 Å². The lowest BCUT2D eigenvalue weighted by Gasteiger charge is -2.16. The van der Waals surface area contributed by atoms with Crippen LogP contribution in [0, 0.1) is 18.3 Å². The number of H-pyrrole nitrogens is 1. The zero-order chi connectivity index (χ0) is 17.6. The molecule has 0 bridgehead atoms. The number of pyridine rings is 1. The van der Waals surface area contributed by atoms with Gasteiger partial charge >= 0.3 is 0 Å². The highest BCUT2D eigenvalue weighted by Crippen LogP contribution is 2.37. The maximum absolute atomic E-state index is 13.4. The first-order valence-electron chi connectivity index (χ1n) is 8.15. The van der Waals surface area contributed by atoms with Gasteiger partial charge in [-0.1, -0.05) is 12.0 Å². The lowest BCUT2D eigenvalue weighted by atomic mass is 10.1. The number of halogens is 1. The van der Waals surface area contributed by atoms with E-state index in [0.717, 1.165) is 34.7 Å². The summed E-state index contributed by atoms with van der Waals surface area (Å²) in [6, 6.07) is 5.26. The summed E-state index contributed by atoms with van der Waals surface area (Å²) in [5.74, 6) is 2.90. The van der Waals surface area contributed by atoms with Crippen molar-refractivity contribution in [1.82, 2.24) is 9.97 Å². The number of nitrogens with two attached hydrogens (primary N) is 1. The summed E-state index contributed by atoms with van der Waals surface area (Å²) in [4.78, 5) is 19.3. The van der Waals surface area contributed by atoms with Gasteiger partial charge in [0.05, 0.1) is 22.5 Å². The summed E-state index contributed by atoms with van der Waals surface area (Å²) in [5.41, 5.74) is 7.87. The number of aromatic amines is 1. The Labute approximate surface area is 143 Å². The van der Waals surface area contributed by atoms with E-state index >= 15 is 0 Å². The van der Waals surface area contributed by atoms with E-state index in [9.17, 15) is 9.18 Å². The van der Waals surface area contributed by atoms with E-state index in [1.165, 1.54) is 6.20 Å². The number of rotatable bonds is 5. The first-order chi connectivity index (χ1) is 12.1. The van der Waals surface area contributed by atoms with Crippen LogP contribution in [0.1, 0.15) is 28.8 Å². The van der Waals surface area contributed by atoms with E-state index in [0.29, 0.717) is 22.8 Å². The standard InChI is InChI=1S/C19H17FN4O/c1-2-10-3-6-12-14(7-10)23-17-13(18(21)25)9-22-19(16(12)17)24-15(8-20)11-4-5-11/h1,3,6-7,9,11,15,23H,4-5,8H2,(H2,21,25)(H,22,24). The van der Waals surface area contributed by atoms with Gasteiger partial charge in [0, 0.05) is 22.7 Å². The Kier molecular flexibility index (Phi) is 3.57. The second kappa shape index (κ2) is 5.78. The topological polar surface area (TPSA) is 83.8 Å². The summed E-state index contributed by atoms with van der Waals surface area (Å²) in [7, 11) is 0. The largest absolute Gasteiger partial charge is 0.365 e. The molecule has 6 heteroatoms. The maximum atomic E-state index is 13.4. The number of fused-ring (bicyclic) bond motifs is 3. The molecular weight excluding hydrogens is 319 g/mol. The molecule has 1 atom stereocenters. The zero-order valence-corrected chi connectivity index (χ0v) is 13.5. The molecule has 25 heavy (non-hydrogen) atoms. The van der Waals surface area contributed by atoms with Crippen LogP contribution in [0.2, 0.25) is 0 Å². The molecule has 1 saturated carbocycles. The van der Waals surface area contributed by atoms with Crippen LogP contribution in [0.5, 0.6) is 0 Å². The van der Waals surface area contributed by atoms with Crippen molar-refractivity contribution in [3.63, 3.8) is 0 Å². The number of amides is 1. The number of aromatic nitrogens is 2. The molecule has 4 N–H and O–H groups in total. The normalized spacial score (nSPS) is 15.2. The molecule has 1 aliphatic rings. The molecule has 0 spiro atoms. The molecule has 126 valence electrons. The van der Waals surface area contributed by atoms with E-state index in [1.54, 1.807) is 0 Å². The van der Waals surface area contributed by atoms with Crippen molar-refractivity contribution in [3.05, 3.63) is 35.5 Å². The van der Waals surface area contributed by atoms with Gasteiger partial charge in [-0.15, -0.1) is 6.42 Å². The minimum absolute atomic E-state index is 0.273. The van der Waals surface area contributed by atoms with Crippen LogP contribution in [-0.4, -0.2) is 28.6 Å². The fraction of sp³-hybridized carbons (Fsp3) is 0.263. The fourth-order valence-electron chi connectivity index (χ4n) is 3.25. The highest BCUT2D eigenvalue weighted by atomic mass is 19.1. The molecule has 1 amide bonds. The number of hydrogen-bond donors (Lipinski definition) is 3. The van der Waals surface area contributed by atoms with Crippen LogP contribution >= 0.6 is 0 Å². The van der Waals surface area contributed by atoms with Crippen molar-refractivity contribution < 1.29 is 9.18 Å². The highest BCUT2D eigenvalue weighted by Gasteiger charge is 2.32. The molecule has 0 aliphatic heterocycles. The van der Waals surface area contributed by atoms with Gasteiger partial charge in [-0.2, -0.15) is 0 Å². The number of carbonyl (C=O) groups is 1. The number of benzene rings is 1. The third-order valence-electron chi connectivity index (χ3n) is 4.74. The summed E-state index contributed by atoms with van der Waals surface area (Å²) in [6.07, 6.45) is 8.92. The number of nitrogens with one attached hydrogen (secondary N) is 2. The molecular formula is C19H17FN4O. The van der Waals surface area contributed by atoms with E-state index in [1.807, 2.05) is 18.2 Å². The number of hydrogen-bond acceptors (Lipinski definition) is 3. The third-order valence-corrected chi connectivity index (χ3v) is 4.74. The fourth-order valence-corrected chi connectivity index (χ4v) is 3.25. The van der Waals surface area contributed by atoms with E-state index in [4.69, 9.17) is 12.2 Å². The van der Waals surface area contributed by atoms with Gasteiger partial charge in [0.25, 0.3) is 5.91 Å². The van der Waals surface area contributed by atoms with Crippen molar-refractivity contribution in [2.24, 2.45) is 11.7 Å². The molecule has 2 heterocycles. The SMILES string of the molecule is C#Cc1ccc2c(c1)[nH]c1c(C(N)=O)cnc(NC(CF)C3CC3)c12. The second-order valence-electron chi connectivity index (χ2n) is 6.41. The summed E-state index contributed by atoms with van der Waals surface area (Å²) < 4.78 is 13.4. The lowest BCUT2D eigenvalue weighted by Crippen LogP contribution is -2.25. The van der Waals surface area contributed by atoms with Gasteiger partial charge < -0.3 is 16.0 Å². The molecule has 2 aromatic heterocycles. The predicted molar refractivity (Wildman–Crippen MR) is 96.2 cm³/mol. The molecule has 4 rings (SSSR count). The monoisotopic (exact) mass is 336 g/mol. The van der Waals surface area contributed by atoms with Crippen molar-refractivity contribution in [2.75, 3.05) is 12.0 Å². The third kappa shape index (κ3) is 2.58. The molecule has 1 aliphatic carbocycles. The van der Waals surface area contributed by atoms with Gasteiger partial charge in [0.2, 0.25) is 0 Å². The van der Waals surface area contributed by atoms with E-state index < -0.39 is 12.6 Å². The Hall–Kier alpha value is -3.07. The van der Waals surface area contributed by atoms with Gasteiger partial charge in [-0.05, 0) is 30.9 Å². The Balaban J connectivity index is 1.95. The smallest absolute Gasteiger partial charge is 0.252 e. The first-order valence-corrected chi connectivity index (χ1v) is 8.15. The van der Waals surface area contributed by atoms with Crippen LogP contribution in [0.25, 0.3) is 21.8 Å². The minimum atomic E-state index is -0.572. The Bertz CT molecular complexity index is 1030. The quantitative estimate of drug-likeness (QED) is 0.626. The van der Waals surface area contributed by atoms with E-state index in [-0.39, 0.29) is 6.04 Å². The second-order valence-corrected chi connectivity index (χ2v) is 6.41. The number of primary amides is 1. The minimum Gasteiger partial charge on any atom is -0.365 e. The van der Waals surface area contributed by atoms with Gasteiger partial charge in [0.1, 0.15) is 12.5 Å². The number of carbonyl (C=O) groups excluding carboxylic acids is 1. The molecule has 0 radical (unpaired) electrons. The average molecular weight is 336 g/mol. The first kappa shape index (κ1) is 15.5. The lowest BCUT2D eigenvalue weighted by molar-refractivity contribution is 0.100. The predicted octanol–water partition coefficient (Wildman–Crippen LogP) is 2.96. The van der Waals surface area contributed by atoms with Crippen molar-refractivity contribution in [2.45, 2.75) is 18.9 Å².